The van der Waals surface area contributed by atoms with Gasteiger partial charge < -0.3 is 9.73 Å². The van der Waals surface area contributed by atoms with Crippen LogP contribution in [0.1, 0.15) is 10.4 Å². The molecule has 1 amide bonds. The number of carbonyl (C=O) groups is 1. The van der Waals surface area contributed by atoms with Crippen LogP contribution < -0.4 is 5.32 Å². The maximum Gasteiger partial charge on any atom is 0.255 e. The Labute approximate surface area is 153 Å². The number of benzene rings is 3. The molecule has 5 rings (SSSR count). The summed E-state index contributed by atoms with van der Waals surface area (Å²) in [5, 5.41) is 13.4. The number of aromatic nitrogens is 4. The smallest absolute Gasteiger partial charge is 0.255 e. The van der Waals surface area contributed by atoms with E-state index < -0.39 is 0 Å². The Kier molecular flexibility index (Phi) is 3.43. The Balaban J connectivity index is 1.44. The Morgan fingerprint density at radius 3 is 2.59 bits per heavy atom. The number of fused-ring (bicyclic) bond motifs is 2. The summed E-state index contributed by atoms with van der Waals surface area (Å²) >= 11 is 0. The van der Waals surface area contributed by atoms with E-state index >= 15 is 0 Å². The first-order valence-corrected chi connectivity index (χ1v) is 8.34. The largest absolute Gasteiger partial charge is 0.436 e. The van der Waals surface area contributed by atoms with E-state index in [1.165, 1.54) is 0 Å². The van der Waals surface area contributed by atoms with Crippen LogP contribution in [-0.4, -0.2) is 26.3 Å². The molecular weight excluding hydrogens is 342 g/mol. The number of amides is 1. The molecule has 2 aromatic heterocycles. The predicted octanol–water partition coefficient (Wildman–Crippen LogP) is 4.02. The molecule has 2 heterocycles. The lowest BCUT2D eigenvalue weighted by Gasteiger charge is -2.04. The summed E-state index contributed by atoms with van der Waals surface area (Å²) in [4.78, 5) is 17.1. The number of carbonyl (C=O) groups excluding carboxylic acids is 1. The Bertz CT molecular complexity index is 1270. The third-order valence-corrected chi connectivity index (χ3v) is 4.25. The zero-order valence-corrected chi connectivity index (χ0v) is 14.0. The van der Waals surface area contributed by atoms with Crippen LogP contribution in [-0.2, 0) is 0 Å². The van der Waals surface area contributed by atoms with E-state index in [9.17, 15) is 4.79 Å². The van der Waals surface area contributed by atoms with E-state index in [0.29, 0.717) is 33.8 Å². The fourth-order valence-corrected chi connectivity index (χ4v) is 2.89. The van der Waals surface area contributed by atoms with Gasteiger partial charge in [-0.05, 0) is 48.5 Å². The van der Waals surface area contributed by atoms with Crippen molar-refractivity contribution in [3.63, 3.8) is 0 Å². The zero-order chi connectivity index (χ0) is 18.2. The molecule has 0 radical (unpaired) electrons. The molecule has 27 heavy (non-hydrogen) atoms. The second kappa shape index (κ2) is 6.06. The molecule has 5 aromatic rings. The van der Waals surface area contributed by atoms with Gasteiger partial charge in [0.25, 0.3) is 5.91 Å². The van der Waals surface area contributed by atoms with E-state index in [1.54, 1.807) is 36.4 Å². The Morgan fingerprint density at radius 1 is 0.889 bits per heavy atom. The summed E-state index contributed by atoms with van der Waals surface area (Å²) in [5.41, 5.74) is 4.71. The average molecular weight is 355 g/mol. The van der Waals surface area contributed by atoms with Crippen LogP contribution in [0, 0.1) is 0 Å². The second-order valence-electron chi connectivity index (χ2n) is 6.05. The van der Waals surface area contributed by atoms with Crippen molar-refractivity contribution in [3.05, 3.63) is 72.3 Å². The van der Waals surface area contributed by atoms with E-state index in [4.69, 9.17) is 4.42 Å². The van der Waals surface area contributed by atoms with Gasteiger partial charge in [0.15, 0.2) is 5.58 Å². The minimum Gasteiger partial charge on any atom is -0.436 e. The van der Waals surface area contributed by atoms with Crippen LogP contribution in [0.4, 0.5) is 5.69 Å². The molecule has 0 fully saturated rings. The summed E-state index contributed by atoms with van der Waals surface area (Å²) in [6.45, 7) is 0. The van der Waals surface area contributed by atoms with Crippen LogP contribution in [0.2, 0.25) is 0 Å². The van der Waals surface area contributed by atoms with Crippen molar-refractivity contribution in [2.24, 2.45) is 0 Å². The van der Waals surface area contributed by atoms with Crippen molar-refractivity contribution in [1.29, 1.82) is 0 Å². The van der Waals surface area contributed by atoms with Gasteiger partial charge >= 0.3 is 0 Å². The lowest BCUT2D eigenvalue weighted by atomic mass is 10.2. The SMILES string of the molecule is O=C(Nc1ccc2n[nH]nc2c1)c1ccc2nc(-c3ccccc3)oc2c1. The number of hydrogen-bond acceptors (Lipinski definition) is 5. The van der Waals surface area contributed by atoms with E-state index in [0.717, 1.165) is 11.1 Å². The number of nitrogens with zero attached hydrogens (tertiary/aromatic N) is 3. The molecule has 130 valence electrons. The molecule has 0 aliphatic heterocycles. The van der Waals surface area contributed by atoms with Gasteiger partial charge in [-0.3, -0.25) is 4.79 Å². The van der Waals surface area contributed by atoms with Crippen molar-refractivity contribution in [2.75, 3.05) is 5.32 Å². The van der Waals surface area contributed by atoms with Crippen LogP contribution in [0.5, 0.6) is 0 Å². The molecule has 0 aliphatic rings. The van der Waals surface area contributed by atoms with E-state index in [1.807, 2.05) is 30.3 Å². The van der Waals surface area contributed by atoms with Gasteiger partial charge in [0.05, 0.1) is 0 Å². The van der Waals surface area contributed by atoms with Gasteiger partial charge in [-0.2, -0.15) is 15.4 Å². The van der Waals surface area contributed by atoms with Crippen LogP contribution in [0.3, 0.4) is 0 Å². The highest BCUT2D eigenvalue weighted by molar-refractivity contribution is 6.06. The minimum absolute atomic E-state index is 0.239. The maximum absolute atomic E-state index is 12.6. The molecular formula is C20H13N5O2. The van der Waals surface area contributed by atoms with Crippen molar-refractivity contribution < 1.29 is 9.21 Å². The standard InChI is InChI=1S/C20H13N5O2/c26-19(21-14-7-9-15-17(11-14)24-25-23-15)13-6-8-16-18(10-13)27-20(22-16)12-4-2-1-3-5-12/h1-11H,(H,21,26)(H,23,24,25). The first-order valence-electron chi connectivity index (χ1n) is 8.34. The van der Waals surface area contributed by atoms with Gasteiger partial charge in [0, 0.05) is 16.8 Å². The highest BCUT2D eigenvalue weighted by Crippen LogP contribution is 2.25. The quantitative estimate of drug-likeness (QED) is 0.509. The van der Waals surface area contributed by atoms with Crippen molar-refractivity contribution >= 4 is 33.7 Å². The summed E-state index contributed by atoms with van der Waals surface area (Å²) in [5.74, 6) is 0.289. The summed E-state index contributed by atoms with van der Waals surface area (Å²) < 4.78 is 5.83. The highest BCUT2D eigenvalue weighted by Gasteiger charge is 2.12. The molecule has 0 saturated carbocycles. The highest BCUT2D eigenvalue weighted by atomic mass is 16.3. The predicted molar refractivity (Wildman–Crippen MR) is 101 cm³/mol. The Hall–Kier alpha value is -4.00. The van der Waals surface area contributed by atoms with E-state index in [-0.39, 0.29) is 5.91 Å². The van der Waals surface area contributed by atoms with Crippen LogP contribution in [0.15, 0.2) is 71.1 Å². The number of rotatable bonds is 3. The van der Waals surface area contributed by atoms with Gasteiger partial charge in [0.2, 0.25) is 5.89 Å². The molecule has 0 spiro atoms. The number of oxazole rings is 1. The lowest BCUT2D eigenvalue weighted by molar-refractivity contribution is 0.102. The second-order valence-corrected chi connectivity index (χ2v) is 6.05. The first-order chi connectivity index (χ1) is 13.3. The molecule has 2 N–H and O–H groups in total. The van der Waals surface area contributed by atoms with Gasteiger partial charge in [0.1, 0.15) is 16.6 Å². The first kappa shape index (κ1) is 15.3. The summed E-state index contributed by atoms with van der Waals surface area (Å²) in [6, 6.07) is 20.2. The van der Waals surface area contributed by atoms with Crippen molar-refractivity contribution in [1.82, 2.24) is 20.4 Å². The Morgan fingerprint density at radius 2 is 1.70 bits per heavy atom. The minimum atomic E-state index is -0.239. The molecule has 0 saturated heterocycles. The number of hydrogen-bond donors (Lipinski definition) is 2. The monoisotopic (exact) mass is 355 g/mol. The lowest BCUT2D eigenvalue weighted by Crippen LogP contribution is -2.11. The molecule has 0 atom stereocenters. The topological polar surface area (TPSA) is 96.7 Å². The summed E-state index contributed by atoms with van der Waals surface area (Å²) in [6.07, 6.45) is 0. The molecule has 0 bridgehead atoms. The molecule has 0 aliphatic carbocycles. The van der Waals surface area contributed by atoms with E-state index in [2.05, 4.69) is 25.7 Å². The fourth-order valence-electron chi connectivity index (χ4n) is 2.89. The van der Waals surface area contributed by atoms with Gasteiger partial charge in [-0.1, -0.05) is 18.2 Å². The summed E-state index contributed by atoms with van der Waals surface area (Å²) in [7, 11) is 0. The van der Waals surface area contributed by atoms with Crippen molar-refractivity contribution in [2.45, 2.75) is 0 Å². The number of aromatic amines is 1. The normalized spacial score (nSPS) is 11.1. The molecule has 3 aromatic carbocycles. The average Bonchev–Trinajstić information content (AvgIpc) is 3.34. The number of nitrogens with one attached hydrogen (secondary N) is 2. The third kappa shape index (κ3) is 2.81. The van der Waals surface area contributed by atoms with Gasteiger partial charge in [-0.25, -0.2) is 4.98 Å². The number of anilines is 1. The van der Waals surface area contributed by atoms with Crippen LogP contribution >= 0.6 is 0 Å². The van der Waals surface area contributed by atoms with Crippen molar-refractivity contribution in [3.8, 4) is 11.5 Å². The van der Waals surface area contributed by atoms with Crippen LogP contribution in [0.25, 0.3) is 33.6 Å². The maximum atomic E-state index is 12.6. The third-order valence-electron chi connectivity index (χ3n) is 4.25. The van der Waals surface area contributed by atoms with Gasteiger partial charge in [-0.15, -0.1) is 0 Å². The molecule has 0 unspecified atom stereocenters. The molecule has 7 nitrogen and oxygen atoms in total. The molecule has 7 heteroatoms. The fraction of sp³-hybridized carbons (Fsp3) is 0. The number of H-pyrrole nitrogens is 1. The zero-order valence-electron chi connectivity index (χ0n) is 14.0.